The maximum Gasteiger partial charge on any atom is 0.260 e. The maximum absolute atomic E-state index is 12.6. The number of benzene rings is 1. The predicted molar refractivity (Wildman–Crippen MR) is 105 cm³/mol. The fourth-order valence-corrected chi connectivity index (χ4v) is 3.15. The third-order valence-corrected chi connectivity index (χ3v) is 4.65. The monoisotopic (exact) mass is 362 g/mol. The fourth-order valence-electron chi connectivity index (χ4n) is 2.81. The van der Waals surface area contributed by atoms with E-state index in [1.807, 2.05) is 31.2 Å². The number of hydrogen-bond donors (Lipinski definition) is 1. The smallest absolute Gasteiger partial charge is 0.260 e. The van der Waals surface area contributed by atoms with Crippen LogP contribution >= 0.6 is 11.6 Å². The zero-order valence-electron chi connectivity index (χ0n) is 15.5. The minimum atomic E-state index is -0.221. The van der Waals surface area contributed by atoms with E-state index in [4.69, 9.17) is 11.6 Å². The summed E-state index contributed by atoms with van der Waals surface area (Å²) in [5, 5.41) is 7.71. The van der Waals surface area contributed by atoms with Gasteiger partial charge in [-0.2, -0.15) is 5.10 Å². The van der Waals surface area contributed by atoms with Gasteiger partial charge in [0.25, 0.3) is 5.91 Å². The Balaban J connectivity index is 2.13. The number of carbonyl (C=O) groups excluding carboxylic acids is 1. The van der Waals surface area contributed by atoms with E-state index in [0.29, 0.717) is 16.4 Å². The van der Waals surface area contributed by atoms with Crippen molar-refractivity contribution in [3.63, 3.8) is 0 Å². The molecule has 0 radical (unpaired) electrons. The third-order valence-electron chi connectivity index (χ3n) is 4.27. The van der Waals surface area contributed by atoms with Crippen LogP contribution in [0.1, 0.15) is 49.7 Å². The lowest BCUT2D eigenvalue weighted by molar-refractivity contribution is 0.102. The van der Waals surface area contributed by atoms with E-state index < -0.39 is 0 Å². The summed E-state index contributed by atoms with van der Waals surface area (Å²) in [6, 6.07) is 7.86. The zero-order valence-corrected chi connectivity index (χ0v) is 16.2. The maximum atomic E-state index is 12.6. The Kier molecular flexibility index (Phi) is 6.88. The Hall–Kier alpha value is -2.01. The van der Waals surface area contributed by atoms with Gasteiger partial charge in [0.05, 0.1) is 11.3 Å². The van der Waals surface area contributed by atoms with Crippen LogP contribution in [-0.2, 0) is 6.54 Å². The molecule has 1 aromatic carbocycles. The Labute approximate surface area is 155 Å². The van der Waals surface area contributed by atoms with Crippen molar-refractivity contribution in [3.05, 3.63) is 40.7 Å². The molecule has 0 spiro atoms. The molecule has 0 aliphatic heterocycles. The summed E-state index contributed by atoms with van der Waals surface area (Å²) >= 11 is 6.36. The molecule has 1 N–H and O–H groups in total. The second-order valence-corrected chi connectivity index (χ2v) is 6.36. The topological polar surface area (TPSA) is 50.2 Å². The lowest BCUT2D eigenvalue weighted by atomic mass is 10.2. The molecule has 0 unspecified atom stereocenters. The summed E-state index contributed by atoms with van der Waals surface area (Å²) in [7, 11) is 0. The predicted octanol–water partition coefficient (Wildman–Crippen LogP) is 4.74. The highest BCUT2D eigenvalue weighted by molar-refractivity contribution is 6.33. The molecule has 0 atom stereocenters. The molecule has 0 aliphatic rings. The van der Waals surface area contributed by atoms with Gasteiger partial charge in [-0.05, 0) is 51.5 Å². The summed E-state index contributed by atoms with van der Waals surface area (Å²) in [6.45, 7) is 10.8. The number of aromatic nitrogens is 2. The van der Waals surface area contributed by atoms with Gasteiger partial charge in [0.15, 0.2) is 0 Å². The summed E-state index contributed by atoms with van der Waals surface area (Å²) in [5.74, 6) is -0.221. The fraction of sp³-hybridized carbons (Fsp3) is 0.474. The second kappa shape index (κ2) is 8.90. The Morgan fingerprint density at radius 3 is 2.40 bits per heavy atom. The Bertz CT molecular complexity index is 705. The van der Waals surface area contributed by atoms with Crippen molar-refractivity contribution < 1.29 is 4.79 Å². The number of hydrogen-bond acceptors (Lipinski definition) is 3. The number of carbonyl (C=O) groups is 1. The van der Waals surface area contributed by atoms with Crippen LogP contribution in [0.3, 0.4) is 0 Å². The highest BCUT2D eigenvalue weighted by atomic mass is 35.5. The van der Waals surface area contributed by atoms with Gasteiger partial charge in [0.2, 0.25) is 0 Å². The molecular formula is C19H27ClN4O. The molecule has 2 aromatic rings. The first-order valence-electron chi connectivity index (χ1n) is 8.91. The zero-order chi connectivity index (χ0) is 18.4. The van der Waals surface area contributed by atoms with Crippen molar-refractivity contribution in [1.82, 2.24) is 9.78 Å². The number of nitrogens with one attached hydrogen (secondary N) is 1. The van der Waals surface area contributed by atoms with Gasteiger partial charge in [-0.3, -0.25) is 9.48 Å². The average molecular weight is 363 g/mol. The third kappa shape index (κ3) is 4.54. The standard InChI is InChI=1S/C19H27ClN4O/c1-5-8-13-24-18(20)17(14(4)22-24)19(25)21-15-9-11-16(12-10-15)23(6-2)7-3/h9-12H,5-8,13H2,1-4H3,(H,21,25). The summed E-state index contributed by atoms with van der Waals surface area (Å²) in [4.78, 5) is 14.9. The van der Waals surface area contributed by atoms with Gasteiger partial charge >= 0.3 is 0 Å². The minimum Gasteiger partial charge on any atom is -0.372 e. The molecule has 0 fully saturated rings. The first kappa shape index (κ1) is 19.3. The molecule has 25 heavy (non-hydrogen) atoms. The van der Waals surface area contributed by atoms with Crippen molar-refractivity contribution in [2.45, 2.75) is 47.1 Å². The molecule has 136 valence electrons. The summed E-state index contributed by atoms with van der Waals surface area (Å²) in [6.07, 6.45) is 2.03. The van der Waals surface area contributed by atoms with Crippen molar-refractivity contribution in [1.29, 1.82) is 0 Å². The van der Waals surface area contributed by atoms with Crippen LogP contribution in [0.4, 0.5) is 11.4 Å². The Morgan fingerprint density at radius 2 is 1.84 bits per heavy atom. The molecule has 1 aromatic heterocycles. The largest absolute Gasteiger partial charge is 0.372 e. The first-order chi connectivity index (χ1) is 12.0. The van der Waals surface area contributed by atoms with E-state index in [1.165, 1.54) is 0 Å². The number of halogens is 1. The van der Waals surface area contributed by atoms with E-state index >= 15 is 0 Å². The van der Waals surface area contributed by atoms with Crippen LogP contribution in [0.5, 0.6) is 0 Å². The molecular weight excluding hydrogens is 336 g/mol. The second-order valence-electron chi connectivity index (χ2n) is 6.00. The lowest BCUT2D eigenvalue weighted by Gasteiger charge is -2.21. The normalized spacial score (nSPS) is 10.8. The van der Waals surface area contributed by atoms with Gasteiger partial charge in [0.1, 0.15) is 5.15 Å². The van der Waals surface area contributed by atoms with Crippen molar-refractivity contribution in [2.75, 3.05) is 23.3 Å². The van der Waals surface area contributed by atoms with Crippen molar-refractivity contribution in [3.8, 4) is 0 Å². The molecule has 6 heteroatoms. The molecule has 2 rings (SSSR count). The first-order valence-corrected chi connectivity index (χ1v) is 9.28. The molecule has 0 saturated carbocycles. The molecule has 0 bridgehead atoms. The summed E-state index contributed by atoms with van der Waals surface area (Å²) < 4.78 is 1.71. The van der Waals surface area contributed by atoms with Crippen molar-refractivity contribution in [2.24, 2.45) is 0 Å². The number of unbranched alkanes of at least 4 members (excludes halogenated alkanes) is 1. The minimum absolute atomic E-state index is 0.221. The van der Waals surface area contributed by atoms with Crippen LogP contribution < -0.4 is 10.2 Å². The van der Waals surface area contributed by atoms with Crippen LogP contribution in [0.25, 0.3) is 0 Å². The van der Waals surface area contributed by atoms with Gasteiger partial charge in [0, 0.05) is 31.0 Å². The molecule has 1 amide bonds. The van der Waals surface area contributed by atoms with E-state index in [9.17, 15) is 4.79 Å². The summed E-state index contributed by atoms with van der Waals surface area (Å²) in [5.41, 5.74) is 2.99. The average Bonchev–Trinajstić information content (AvgIpc) is 2.89. The van der Waals surface area contributed by atoms with Gasteiger partial charge in [-0.15, -0.1) is 0 Å². The van der Waals surface area contributed by atoms with Crippen LogP contribution in [0, 0.1) is 6.92 Å². The molecule has 5 nitrogen and oxygen atoms in total. The van der Waals surface area contributed by atoms with E-state index in [0.717, 1.165) is 43.9 Å². The number of nitrogens with zero attached hydrogens (tertiary/aromatic N) is 3. The van der Waals surface area contributed by atoms with Gasteiger partial charge < -0.3 is 10.2 Å². The lowest BCUT2D eigenvalue weighted by Crippen LogP contribution is -2.21. The molecule has 1 heterocycles. The molecule has 0 saturated heterocycles. The van der Waals surface area contributed by atoms with E-state index in [1.54, 1.807) is 4.68 Å². The van der Waals surface area contributed by atoms with Crippen LogP contribution in [-0.4, -0.2) is 28.8 Å². The quantitative estimate of drug-likeness (QED) is 0.737. The van der Waals surface area contributed by atoms with Crippen molar-refractivity contribution >= 4 is 28.9 Å². The number of anilines is 2. The molecule has 0 aliphatic carbocycles. The SMILES string of the molecule is CCCCn1nc(C)c(C(=O)Nc2ccc(N(CC)CC)cc2)c1Cl. The van der Waals surface area contributed by atoms with Gasteiger partial charge in [-0.25, -0.2) is 0 Å². The van der Waals surface area contributed by atoms with Gasteiger partial charge in [-0.1, -0.05) is 24.9 Å². The number of amides is 1. The van der Waals surface area contributed by atoms with Crippen LogP contribution in [0.2, 0.25) is 5.15 Å². The highest BCUT2D eigenvalue weighted by Gasteiger charge is 2.20. The number of rotatable bonds is 8. The van der Waals surface area contributed by atoms with Crippen LogP contribution in [0.15, 0.2) is 24.3 Å². The Morgan fingerprint density at radius 1 is 1.20 bits per heavy atom. The van der Waals surface area contributed by atoms with E-state index in [2.05, 4.69) is 36.1 Å². The number of aryl methyl sites for hydroxylation is 2. The highest BCUT2D eigenvalue weighted by Crippen LogP contribution is 2.23. The van der Waals surface area contributed by atoms with E-state index in [-0.39, 0.29) is 5.91 Å².